The lowest BCUT2D eigenvalue weighted by Crippen LogP contribution is -2.60. The Morgan fingerprint density at radius 2 is 1.89 bits per heavy atom. The number of nitrogens with one attached hydrogen (secondary N) is 1. The van der Waals surface area contributed by atoms with Crippen LogP contribution in [0.15, 0.2) is 0 Å². The third-order valence-corrected chi connectivity index (χ3v) is 3.43. The van der Waals surface area contributed by atoms with E-state index < -0.39 is 5.54 Å². The average Bonchev–Trinajstić information content (AvgIpc) is 2.33. The number of carbonyl (C=O) groups is 1. The molecule has 1 aliphatic heterocycles. The summed E-state index contributed by atoms with van der Waals surface area (Å²) in [6, 6.07) is 0. The van der Waals surface area contributed by atoms with Crippen molar-refractivity contribution in [1.29, 1.82) is 0 Å². The Morgan fingerprint density at radius 1 is 1.28 bits per heavy atom. The number of carbonyl (C=O) groups excluding carboxylic acids is 1. The number of nitrogens with zero attached hydrogens (tertiary/aromatic N) is 2. The number of esters is 1. The van der Waals surface area contributed by atoms with Gasteiger partial charge in [-0.1, -0.05) is 6.92 Å². The zero-order valence-corrected chi connectivity index (χ0v) is 12.2. The molecule has 1 heterocycles. The normalized spacial score (nSPS) is 21.6. The van der Waals surface area contributed by atoms with Crippen molar-refractivity contribution in [1.82, 2.24) is 15.1 Å². The second-order valence-corrected chi connectivity index (χ2v) is 5.16. The third kappa shape index (κ3) is 4.23. The summed E-state index contributed by atoms with van der Waals surface area (Å²) in [6.07, 6.45) is 0. The van der Waals surface area contributed by atoms with E-state index in [2.05, 4.69) is 22.2 Å². The van der Waals surface area contributed by atoms with Crippen molar-refractivity contribution in [3.63, 3.8) is 0 Å². The molecular weight excluding hydrogens is 230 g/mol. The van der Waals surface area contributed by atoms with Gasteiger partial charge in [-0.2, -0.15) is 0 Å². The van der Waals surface area contributed by atoms with Crippen LogP contribution in [0.2, 0.25) is 0 Å². The molecule has 1 saturated heterocycles. The Balaban J connectivity index is 2.58. The summed E-state index contributed by atoms with van der Waals surface area (Å²) in [5.41, 5.74) is -0.597. The molecule has 5 nitrogen and oxygen atoms in total. The minimum absolute atomic E-state index is 0.147. The number of hydrogen-bond acceptors (Lipinski definition) is 5. The van der Waals surface area contributed by atoms with Gasteiger partial charge in [0.25, 0.3) is 0 Å². The summed E-state index contributed by atoms with van der Waals surface area (Å²) in [4.78, 5) is 16.7. The van der Waals surface area contributed by atoms with Gasteiger partial charge in [0.1, 0.15) is 5.54 Å². The van der Waals surface area contributed by atoms with Gasteiger partial charge in [0.05, 0.1) is 6.61 Å². The number of likely N-dealkylation sites (N-methyl/N-ethyl adjacent to an activating group) is 2. The molecule has 0 aromatic rings. The third-order valence-electron chi connectivity index (χ3n) is 3.43. The SMILES string of the molecule is CCNC(C)(CN1CCN(C)CC1)C(=O)OCC. The first-order valence-electron chi connectivity index (χ1n) is 6.85. The summed E-state index contributed by atoms with van der Waals surface area (Å²) in [6.45, 7) is 11.9. The summed E-state index contributed by atoms with van der Waals surface area (Å²) in [5.74, 6) is -0.147. The molecule has 1 atom stereocenters. The minimum atomic E-state index is -0.597. The number of rotatable bonds is 6. The molecule has 0 spiro atoms. The van der Waals surface area contributed by atoms with Crippen molar-refractivity contribution in [2.75, 3.05) is 52.9 Å². The fraction of sp³-hybridized carbons (Fsp3) is 0.923. The monoisotopic (exact) mass is 257 g/mol. The minimum Gasteiger partial charge on any atom is -0.465 e. The van der Waals surface area contributed by atoms with Gasteiger partial charge in [-0.05, 0) is 27.4 Å². The lowest BCUT2D eigenvalue weighted by Gasteiger charge is -2.38. The van der Waals surface area contributed by atoms with Crippen LogP contribution in [0.4, 0.5) is 0 Å². The Labute approximate surface area is 110 Å². The van der Waals surface area contributed by atoms with Crippen LogP contribution in [0, 0.1) is 0 Å². The van der Waals surface area contributed by atoms with Gasteiger partial charge in [-0.25, -0.2) is 0 Å². The van der Waals surface area contributed by atoms with E-state index in [9.17, 15) is 4.79 Å². The fourth-order valence-electron chi connectivity index (χ4n) is 2.33. The fourth-order valence-corrected chi connectivity index (χ4v) is 2.33. The van der Waals surface area contributed by atoms with E-state index in [4.69, 9.17) is 4.74 Å². The van der Waals surface area contributed by atoms with Crippen LogP contribution in [0.3, 0.4) is 0 Å². The number of hydrogen-bond donors (Lipinski definition) is 1. The highest BCUT2D eigenvalue weighted by Gasteiger charge is 2.36. The largest absolute Gasteiger partial charge is 0.465 e. The van der Waals surface area contributed by atoms with E-state index in [0.29, 0.717) is 13.2 Å². The molecule has 0 amide bonds. The molecule has 0 aliphatic carbocycles. The Hall–Kier alpha value is -0.650. The Bertz CT molecular complexity index is 265. The summed E-state index contributed by atoms with van der Waals surface area (Å²) in [5, 5.41) is 3.27. The van der Waals surface area contributed by atoms with Crippen LogP contribution in [0.1, 0.15) is 20.8 Å². The van der Waals surface area contributed by atoms with E-state index in [1.54, 1.807) is 0 Å². The van der Waals surface area contributed by atoms with Crippen molar-refractivity contribution in [3.8, 4) is 0 Å². The molecule has 0 bridgehead atoms. The van der Waals surface area contributed by atoms with Crippen LogP contribution < -0.4 is 5.32 Å². The molecular formula is C13H27N3O2. The quantitative estimate of drug-likeness (QED) is 0.687. The second-order valence-electron chi connectivity index (χ2n) is 5.16. The molecule has 0 aromatic heterocycles. The topological polar surface area (TPSA) is 44.8 Å². The maximum absolute atomic E-state index is 12.1. The van der Waals surface area contributed by atoms with Crippen LogP contribution in [0.5, 0.6) is 0 Å². The molecule has 1 rings (SSSR count). The Morgan fingerprint density at radius 3 is 2.39 bits per heavy atom. The molecule has 5 heteroatoms. The zero-order chi connectivity index (χ0) is 13.6. The van der Waals surface area contributed by atoms with Gasteiger partial charge in [0, 0.05) is 32.7 Å². The van der Waals surface area contributed by atoms with Crippen molar-refractivity contribution in [3.05, 3.63) is 0 Å². The van der Waals surface area contributed by atoms with Gasteiger partial charge >= 0.3 is 5.97 Å². The van der Waals surface area contributed by atoms with Crippen LogP contribution in [-0.4, -0.2) is 74.2 Å². The lowest BCUT2D eigenvalue weighted by molar-refractivity contribution is -0.151. The van der Waals surface area contributed by atoms with E-state index in [0.717, 1.165) is 32.7 Å². The first-order chi connectivity index (χ1) is 8.51. The summed E-state index contributed by atoms with van der Waals surface area (Å²) >= 11 is 0. The van der Waals surface area contributed by atoms with Gasteiger partial charge in [-0.3, -0.25) is 9.69 Å². The zero-order valence-electron chi connectivity index (χ0n) is 12.2. The summed E-state index contributed by atoms with van der Waals surface area (Å²) < 4.78 is 5.18. The van der Waals surface area contributed by atoms with Gasteiger partial charge in [-0.15, -0.1) is 0 Å². The van der Waals surface area contributed by atoms with E-state index in [1.165, 1.54) is 0 Å². The van der Waals surface area contributed by atoms with E-state index >= 15 is 0 Å². The van der Waals surface area contributed by atoms with Crippen molar-refractivity contribution >= 4 is 5.97 Å². The van der Waals surface area contributed by atoms with Gasteiger partial charge in [0.2, 0.25) is 0 Å². The molecule has 0 aromatic carbocycles. The highest BCUT2D eigenvalue weighted by Crippen LogP contribution is 2.11. The highest BCUT2D eigenvalue weighted by molar-refractivity contribution is 5.80. The smallest absolute Gasteiger partial charge is 0.327 e. The molecule has 106 valence electrons. The average molecular weight is 257 g/mol. The van der Waals surface area contributed by atoms with Crippen LogP contribution >= 0.6 is 0 Å². The van der Waals surface area contributed by atoms with Gasteiger partial charge < -0.3 is 15.0 Å². The maximum atomic E-state index is 12.1. The highest BCUT2D eigenvalue weighted by atomic mass is 16.5. The molecule has 1 unspecified atom stereocenters. The lowest BCUT2D eigenvalue weighted by atomic mass is 10.0. The van der Waals surface area contributed by atoms with E-state index in [-0.39, 0.29) is 5.97 Å². The van der Waals surface area contributed by atoms with Crippen LogP contribution in [-0.2, 0) is 9.53 Å². The molecule has 1 aliphatic rings. The molecule has 18 heavy (non-hydrogen) atoms. The second kappa shape index (κ2) is 7.07. The molecule has 0 radical (unpaired) electrons. The van der Waals surface area contributed by atoms with Gasteiger partial charge in [0.15, 0.2) is 0 Å². The molecule has 1 fully saturated rings. The molecule has 1 N–H and O–H groups in total. The Kier molecular flexibility index (Phi) is 6.05. The van der Waals surface area contributed by atoms with Crippen molar-refractivity contribution in [2.45, 2.75) is 26.3 Å². The predicted octanol–water partition coefficient (Wildman–Crippen LogP) is 0.165. The standard InChI is InChI=1S/C13H27N3O2/c1-5-14-13(3,12(17)18-6-2)11-16-9-7-15(4)8-10-16/h14H,5-11H2,1-4H3. The first-order valence-corrected chi connectivity index (χ1v) is 6.85. The van der Waals surface area contributed by atoms with Crippen LogP contribution in [0.25, 0.3) is 0 Å². The van der Waals surface area contributed by atoms with E-state index in [1.807, 2.05) is 20.8 Å². The maximum Gasteiger partial charge on any atom is 0.327 e. The molecule has 0 saturated carbocycles. The number of piperazine rings is 1. The number of ether oxygens (including phenoxy) is 1. The summed E-state index contributed by atoms with van der Waals surface area (Å²) in [7, 11) is 2.13. The van der Waals surface area contributed by atoms with Crippen molar-refractivity contribution in [2.24, 2.45) is 0 Å². The first kappa shape index (κ1) is 15.4. The predicted molar refractivity (Wildman–Crippen MR) is 72.7 cm³/mol. The van der Waals surface area contributed by atoms with Crippen molar-refractivity contribution < 1.29 is 9.53 Å².